The van der Waals surface area contributed by atoms with Crippen molar-refractivity contribution < 1.29 is 42.4 Å². The minimum absolute atomic E-state index is 0.180. The quantitative estimate of drug-likeness (QED) is 0.0582. The van der Waals surface area contributed by atoms with E-state index in [0.717, 1.165) is 50.6 Å². The van der Waals surface area contributed by atoms with Gasteiger partial charge in [-0.2, -0.15) is 0 Å². The predicted octanol–water partition coefficient (Wildman–Crippen LogP) is 10.9. The monoisotopic (exact) mass is 874 g/mol. The average Bonchev–Trinajstić information content (AvgIpc) is 3.34. The zero-order valence-electron chi connectivity index (χ0n) is 37.4. The second-order valence-corrected chi connectivity index (χ2v) is 20.4. The van der Waals surface area contributed by atoms with E-state index in [1.807, 2.05) is 97.1 Å². The zero-order valence-corrected chi connectivity index (χ0v) is 38.4. The summed E-state index contributed by atoms with van der Waals surface area (Å²) in [4.78, 5) is 13.3. The Hall–Kier alpha value is -7.17. The molecule has 0 aliphatic carbocycles. The molecular weight excluding hydrogens is 821 g/mol. The van der Waals surface area contributed by atoms with Crippen molar-refractivity contribution in [3.8, 4) is 57.1 Å². The van der Waals surface area contributed by atoms with Crippen molar-refractivity contribution in [1.82, 2.24) is 0 Å². The molecule has 0 saturated carbocycles. The third-order valence-electron chi connectivity index (χ3n) is 11.1. The van der Waals surface area contributed by atoms with E-state index in [4.69, 9.17) is 37.6 Å². The van der Waals surface area contributed by atoms with Crippen molar-refractivity contribution in [2.24, 2.45) is 0 Å². The van der Waals surface area contributed by atoms with Crippen LogP contribution in [-0.4, -0.2) is 43.0 Å². The minimum Gasteiger partial charge on any atom is -0.534 e. The van der Waals surface area contributed by atoms with Crippen molar-refractivity contribution in [1.29, 1.82) is 0 Å². The van der Waals surface area contributed by atoms with E-state index >= 15 is 0 Å². The Labute approximate surface area is 377 Å². The summed E-state index contributed by atoms with van der Waals surface area (Å²) in [6.45, 7) is 7.31. The van der Waals surface area contributed by atoms with Gasteiger partial charge in [0.1, 0.15) is 65.8 Å². The molecule has 7 aromatic rings. The Balaban J connectivity index is 1.43. The number of rotatable bonds is 19. The molecule has 0 N–H and O–H groups in total. The molecule has 9 nitrogen and oxygen atoms in total. The first-order chi connectivity index (χ1) is 31.1. The number of carbonyl (C=O) groups is 1. The van der Waals surface area contributed by atoms with Crippen molar-refractivity contribution in [3.63, 3.8) is 0 Å². The van der Waals surface area contributed by atoms with Crippen LogP contribution in [0.15, 0.2) is 158 Å². The number of ether oxygens (including phenoxy) is 7. The van der Waals surface area contributed by atoms with E-state index in [2.05, 4.69) is 69.3 Å². The van der Waals surface area contributed by atoms with Crippen molar-refractivity contribution in [3.05, 3.63) is 180 Å². The summed E-state index contributed by atoms with van der Waals surface area (Å²) in [5.41, 5.74) is 4.02. The molecule has 0 fully saturated rings. The molecule has 0 aliphatic heterocycles. The highest BCUT2D eigenvalue weighted by Gasteiger charge is 2.52. The number of hydrogen-bond donors (Lipinski definition) is 0. The molecule has 0 bridgehead atoms. The smallest absolute Gasteiger partial charge is 0.319 e. The second-order valence-electron chi connectivity index (χ2n) is 16.2. The third-order valence-corrected chi connectivity index (χ3v) is 16.0. The first kappa shape index (κ1) is 44.9. The SMILES string of the molecule is COc1ccc(COc2cc(C=O)c(-c3c(OCc4ccc(OC)cc4)cc(O[Si](c4ccccc4)(c4ccccc4)C(C)(C)C)cc3OCc3ccc(OC)cc3)c(OC)c2)cc1. The van der Waals surface area contributed by atoms with Gasteiger partial charge in [-0.1, -0.05) is 118 Å². The van der Waals surface area contributed by atoms with Gasteiger partial charge in [-0.25, -0.2) is 0 Å². The molecule has 0 aromatic heterocycles. The van der Waals surface area contributed by atoms with Crippen molar-refractivity contribution in [2.75, 3.05) is 28.4 Å². The standard InChI is InChI=1S/C54H54O9Si/c1-54(2,3)64(47-14-10-8-11-15-47,48-16-12-9-13-17-48)63-46-32-50(61-36-39-20-26-43(57-5)27-21-39)53(51(33-46)62-37-40-22-28-44(58-6)29-23-40)52-41(34-55)30-45(31-49(52)59-7)60-35-38-18-24-42(56-4)25-19-38/h8-34H,35-37H2,1-7H3. The van der Waals surface area contributed by atoms with Gasteiger partial charge in [0.25, 0.3) is 0 Å². The number of aldehydes is 1. The maximum absolute atomic E-state index is 13.3. The first-order valence-electron chi connectivity index (χ1n) is 21.0. The molecule has 0 heterocycles. The summed E-state index contributed by atoms with van der Waals surface area (Å²) in [6, 6.07) is 51.2. The Morgan fingerprint density at radius 1 is 0.438 bits per heavy atom. The fraction of sp³-hybridized carbons (Fsp3) is 0.204. The molecule has 328 valence electrons. The fourth-order valence-electron chi connectivity index (χ4n) is 7.79. The minimum atomic E-state index is -3.16. The van der Waals surface area contributed by atoms with E-state index in [1.54, 1.807) is 40.6 Å². The van der Waals surface area contributed by atoms with Crippen molar-refractivity contribution >= 4 is 25.0 Å². The first-order valence-corrected chi connectivity index (χ1v) is 22.9. The molecule has 0 saturated heterocycles. The molecule has 0 aliphatic rings. The van der Waals surface area contributed by atoms with E-state index < -0.39 is 8.32 Å². The van der Waals surface area contributed by atoms with E-state index in [0.29, 0.717) is 45.4 Å². The van der Waals surface area contributed by atoms with Crippen LogP contribution in [0.25, 0.3) is 11.1 Å². The van der Waals surface area contributed by atoms with Gasteiger partial charge in [-0.15, -0.1) is 0 Å². The third kappa shape index (κ3) is 10.0. The van der Waals surface area contributed by atoms with Gasteiger partial charge in [0.05, 0.1) is 34.0 Å². The largest absolute Gasteiger partial charge is 0.534 e. The van der Waals surface area contributed by atoms with Gasteiger partial charge in [0, 0.05) is 29.3 Å². The van der Waals surface area contributed by atoms with Crippen LogP contribution in [0, 0.1) is 0 Å². The number of benzene rings is 7. The molecule has 0 unspecified atom stereocenters. The van der Waals surface area contributed by atoms with Gasteiger partial charge >= 0.3 is 8.32 Å². The van der Waals surface area contributed by atoms with Crippen LogP contribution in [0.4, 0.5) is 0 Å². The molecular formula is C54H54O9Si. The van der Waals surface area contributed by atoms with Crippen LogP contribution in [0.1, 0.15) is 47.8 Å². The van der Waals surface area contributed by atoms with Crippen LogP contribution in [0.5, 0.6) is 46.0 Å². The Morgan fingerprint density at radius 2 is 0.844 bits per heavy atom. The summed E-state index contributed by atoms with van der Waals surface area (Å²) < 4.78 is 49.9. The molecule has 64 heavy (non-hydrogen) atoms. The maximum Gasteiger partial charge on any atom is 0.319 e. The van der Waals surface area contributed by atoms with Gasteiger partial charge in [0.2, 0.25) is 0 Å². The van der Waals surface area contributed by atoms with Crippen molar-refractivity contribution in [2.45, 2.75) is 45.6 Å². The molecule has 7 rings (SSSR count). The zero-order chi connectivity index (χ0) is 45.1. The maximum atomic E-state index is 13.3. The van der Waals surface area contributed by atoms with E-state index in [-0.39, 0.29) is 24.9 Å². The highest BCUT2D eigenvalue weighted by molar-refractivity contribution is 7.00. The lowest BCUT2D eigenvalue weighted by molar-refractivity contribution is 0.112. The summed E-state index contributed by atoms with van der Waals surface area (Å²) in [5.74, 6) is 4.43. The summed E-state index contributed by atoms with van der Waals surface area (Å²) in [6.07, 6.45) is 0.797. The normalized spacial score (nSPS) is 11.3. The molecule has 0 spiro atoms. The Bertz CT molecular complexity index is 2500. The van der Waals surface area contributed by atoms with Gasteiger partial charge in [-0.3, -0.25) is 4.79 Å². The van der Waals surface area contributed by atoms with Crippen LogP contribution in [0.2, 0.25) is 5.04 Å². The average molecular weight is 875 g/mol. The number of hydrogen-bond acceptors (Lipinski definition) is 9. The summed E-state index contributed by atoms with van der Waals surface area (Å²) in [5, 5.41) is 1.86. The molecule has 0 amide bonds. The highest BCUT2D eigenvalue weighted by atomic mass is 28.4. The van der Waals surface area contributed by atoms with E-state index in [1.165, 1.54) is 0 Å². The molecule has 0 atom stereocenters. The Morgan fingerprint density at radius 3 is 1.22 bits per heavy atom. The molecule has 10 heteroatoms. The topological polar surface area (TPSA) is 90.9 Å². The lowest BCUT2D eigenvalue weighted by atomic mass is 9.96. The summed E-state index contributed by atoms with van der Waals surface area (Å²) in [7, 11) is 3.31. The fourth-order valence-corrected chi connectivity index (χ4v) is 12.2. The number of carbonyl (C=O) groups excluding carboxylic acids is 1. The van der Waals surface area contributed by atoms with Gasteiger partial charge < -0.3 is 37.6 Å². The lowest BCUT2D eigenvalue weighted by Crippen LogP contribution is -2.68. The molecule has 7 aromatic carbocycles. The van der Waals surface area contributed by atoms with Crippen LogP contribution >= 0.6 is 0 Å². The Kier molecular flexibility index (Phi) is 14.3. The highest BCUT2D eigenvalue weighted by Crippen LogP contribution is 2.50. The molecule has 0 radical (unpaired) electrons. The number of methoxy groups -OCH3 is 4. The second kappa shape index (κ2) is 20.3. The predicted molar refractivity (Wildman–Crippen MR) is 254 cm³/mol. The van der Waals surface area contributed by atoms with E-state index in [9.17, 15) is 4.79 Å². The van der Waals surface area contributed by atoms with Crippen LogP contribution in [-0.2, 0) is 19.8 Å². The lowest BCUT2D eigenvalue weighted by Gasteiger charge is -2.43. The summed E-state index contributed by atoms with van der Waals surface area (Å²) >= 11 is 0. The van der Waals surface area contributed by atoms with Crippen LogP contribution in [0.3, 0.4) is 0 Å². The van der Waals surface area contributed by atoms with Gasteiger partial charge in [0.15, 0.2) is 6.29 Å². The van der Waals surface area contributed by atoms with Gasteiger partial charge in [-0.05, 0) is 74.6 Å². The van der Waals surface area contributed by atoms with Crippen LogP contribution < -0.4 is 48.0 Å².